The van der Waals surface area contributed by atoms with Gasteiger partial charge in [-0.3, -0.25) is 4.79 Å². The van der Waals surface area contributed by atoms with Crippen LogP contribution in [0, 0.1) is 0 Å². The maximum Gasteiger partial charge on any atom is 0.316 e. The second-order valence-corrected chi connectivity index (χ2v) is 4.61. The van der Waals surface area contributed by atoms with Crippen molar-refractivity contribution in [3.63, 3.8) is 0 Å². The Kier molecular flexibility index (Phi) is 4.20. The fourth-order valence-corrected chi connectivity index (χ4v) is 2.36. The highest BCUT2D eigenvalue weighted by Crippen LogP contribution is 2.25. The number of aryl methyl sites for hydroxylation is 1. The molecular weight excluding hydrogens is 240 g/mol. The molecule has 1 aromatic carbocycles. The normalized spacial score (nSPS) is 12.6. The summed E-state index contributed by atoms with van der Waals surface area (Å²) >= 11 is 0. The van der Waals surface area contributed by atoms with Crippen LogP contribution in [0.5, 0.6) is 0 Å². The minimum absolute atomic E-state index is 0.178. The minimum atomic E-state index is -0.276. The number of esters is 1. The number of fused-ring (bicyclic) bond motifs is 1. The number of hydrogen-bond acceptors (Lipinski definition) is 3. The summed E-state index contributed by atoms with van der Waals surface area (Å²) in [6.07, 6.45) is 1.68. The highest BCUT2D eigenvalue weighted by atomic mass is 16.5. The lowest BCUT2D eigenvalue weighted by molar-refractivity contribution is -0.145. The van der Waals surface area contributed by atoms with Crippen molar-refractivity contribution >= 4 is 17.0 Å². The van der Waals surface area contributed by atoms with E-state index in [-0.39, 0.29) is 11.9 Å². The molecule has 0 aliphatic heterocycles. The van der Waals surface area contributed by atoms with E-state index in [1.54, 1.807) is 0 Å². The van der Waals surface area contributed by atoms with Crippen molar-refractivity contribution in [2.24, 2.45) is 7.05 Å². The highest BCUT2D eigenvalue weighted by Gasteiger charge is 2.26. The number of carbonyl (C=O) groups excluding carboxylic acids is 1. The first-order valence-corrected chi connectivity index (χ1v) is 6.77. The van der Waals surface area contributed by atoms with Crippen LogP contribution in [0.25, 0.3) is 11.0 Å². The van der Waals surface area contributed by atoms with Gasteiger partial charge < -0.3 is 9.30 Å². The van der Waals surface area contributed by atoms with Crippen LogP contribution < -0.4 is 0 Å². The Morgan fingerprint density at radius 3 is 2.74 bits per heavy atom. The Morgan fingerprint density at radius 2 is 2.11 bits per heavy atom. The number of aromatic nitrogens is 2. The van der Waals surface area contributed by atoms with Crippen molar-refractivity contribution in [1.29, 1.82) is 0 Å². The van der Waals surface area contributed by atoms with E-state index in [4.69, 9.17) is 4.74 Å². The summed E-state index contributed by atoms with van der Waals surface area (Å²) in [5, 5.41) is 0. The molecule has 19 heavy (non-hydrogen) atoms. The largest absolute Gasteiger partial charge is 0.465 e. The fraction of sp³-hybridized carbons (Fsp3) is 0.467. The van der Waals surface area contributed by atoms with Gasteiger partial charge in [0.1, 0.15) is 11.7 Å². The van der Waals surface area contributed by atoms with E-state index >= 15 is 0 Å². The molecule has 1 aromatic heterocycles. The Bertz CT molecular complexity index is 575. The quantitative estimate of drug-likeness (QED) is 0.776. The third-order valence-corrected chi connectivity index (χ3v) is 3.28. The van der Waals surface area contributed by atoms with Crippen LogP contribution in [-0.4, -0.2) is 22.1 Å². The van der Waals surface area contributed by atoms with Gasteiger partial charge in [-0.25, -0.2) is 4.98 Å². The molecule has 1 unspecified atom stereocenters. The van der Waals surface area contributed by atoms with Crippen molar-refractivity contribution in [3.8, 4) is 0 Å². The number of nitrogens with zero attached hydrogens (tertiary/aromatic N) is 2. The first kappa shape index (κ1) is 13.6. The first-order valence-electron chi connectivity index (χ1n) is 6.77. The molecule has 0 spiro atoms. The summed E-state index contributed by atoms with van der Waals surface area (Å²) in [6.45, 7) is 4.30. The average molecular weight is 260 g/mol. The van der Waals surface area contributed by atoms with E-state index < -0.39 is 0 Å². The molecule has 0 N–H and O–H groups in total. The summed E-state index contributed by atoms with van der Waals surface area (Å²) in [4.78, 5) is 16.7. The zero-order chi connectivity index (χ0) is 13.8. The maximum atomic E-state index is 12.1. The van der Waals surface area contributed by atoms with Crippen LogP contribution in [0.4, 0.5) is 0 Å². The molecule has 102 valence electrons. The molecule has 0 saturated carbocycles. The van der Waals surface area contributed by atoms with Crippen molar-refractivity contribution in [1.82, 2.24) is 9.55 Å². The first-order chi connectivity index (χ1) is 9.19. The molecule has 4 heteroatoms. The van der Waals surface area contributed by atoms with Crippen molar-refractivity contribution in [2.75, 3.05) is 6.61 Å². The van der Waals surface area contributed by atoms with E-state index in [1.165, 1.54) is 0 Å². The van der Waals surface area contributed by atoms with Crippen molar-refractivity contribution in [2.45, 2.75) is 32.6 Å². The van der Waals surface area contributed by atoms with Gasteiger partial charge in [0.2, 0.25) is 0 Å². The van der Waals surface area contributed by atoms with Crippen LogP contribution >= 0.6 is 0 Å². The molecule has 0 amide bonds. The highest BCUT2D eigenvalue weighted by molar-refractivity contribution is 5.81. The van der Waals surface area contributed by atoms with Gasteiger partial charge in [0.25, 0.3) is 0 Å². The number of imidazole rings is 1. The summed E-state index contributed by atoms with van der Waals surface area (Å²) in [6, 6.07) is 7.91. The average Bonchev–Trinajstić information content (AvgIpc) is 2.74. The van der Waals surface area contributed by atoms with Gasteiger partial charge in [0.05, 0.1) is 17.6 Å². The molecule has 0 fully saturated rings. The topological polar surface area (TPSA) is 44.1 Å². The summed E-state index contributed by atoms with van der Waals surface area (Å²) in [5.74, 6) is 0.339. The standard InChI is InChI=1S/C15H20N2O2/c1-4-8-11(15(18)19-5-2)14-16-12-9-6-7-10-13(12)17(14)3/h6-7,9-11H,4-5,8H2,1-3H3. The van der Waals surface area contributed by atoms with Crippen LogP contribution in [-0.2, 0) is 16.6 Å². The van der Waals surface area contributed by atoms with E-state index in [1.807, 2.05) is 42.8 Å². The van der Waals surface area contributed by atoms with Crippen LogP contribution in [0.1, 0.15) is 38.4 Å². The van der Waals surface area contributed by atoms with Crippen LogP contribution in [0.2, 0.25) is 0 Å². The molecule has 0 radical (unpaired) electrons. The Balaban J connectivity index is 2.44. The van der Waals surface area contributed by atoms with Crippen LogP contribution in [0.3, 0.4) is 0 Å². The Morgan fingerprint density at radius 1 is 1.37 bits per heavy atom. The van der Waals surface area contributed by atoms with Crippen molar-refractivity contribution in [3.05, 3.63) is 30.1 Å². The number of rotatable bonds is 5. The number of benzene rings is 1. The minimum Gasteiger partial charge on any atom is -0.465 e. The molecule has 2 aromatic rings. The second kappa shape index (κ2) is 5.87. The second-order valence-electron chi connectivity index (χ2n) is 4.61. The van der Waals surface area contributed by atoms with Gasteiger partial charge in [-0.15, -0.1) is 0 Å². The lowest BCUT2D eigenvalue weighted by atomic mass is 10.0. The van der Waals surface area contributed by atoms with Gasteiger partial charge in [0.15, 0.2) is 0 Å². The zero-order valence-electron chi connectivity index (χ0n) is 11.7. The summed E-state index contributed by atoms with van der Waals surface area (Å²) in [7, 11) is 1.95. The molecular formula is C15H20N2O2. The maximum absolute atomic E-state index is 12.1. The smallest absolute Gasteiger partial charge is 0.316 e. The lowest BCUT2D eigenvalue weighted by Crippen LogP contribution is -2.19. The van der Waals surface area contributed by atoms with Gasteiger partial charge in [-0.05, 0) is 25.5 Å². The molecule has 1 atom stereocenters. The van der Waals surface area contributed by atoms with Gasteiger partial charge in [0, 0.05) is 7.05 Å². The number of ether oxygens (including phenoxy) is 1. The predicted molar refractivity (Wildman–Crippen MR) is 75.0 cm³/mol. The SMILES string of the molecule is CCCC(C(=O)OCC)c1nc2ccccc2n1C. The van der Waals surface area contributed by atoms with E-state index in [0.717, 1.165) is 29.7 Å². The monoisotopic (exact) mass is 260 g/mol. The van der Waals surface area contributed by atoms with E-state index in [2.05, 4.69) is 11.9 Å². The van der Waals surface area contributed by atoms with Gasteiger partial charge in [-0.1, -0.05) is 25.5 Å². The fourth-order valence-electron chi connectivity index (χ4n) is 2.36. The third-order valence-electron chi connectivity index (χ3n) is 3.28. The molecule has 0 bridgehead atoms. The molecule has 0 aliphatic carbocycles. The molecule has 0 saturated heterocycles. The van der Waals surface area contributed by atoms with Gasteiger partial charge in [-0.2, -0.15) is 0 Å². The summed E-state index contributed by atoms with van der Waals surface area (Å²) < 4.78 is 7.16. The molecule has 0 aliphatic rings. The zero-order valence-corrected chi connectivity index (χ0v) is 11.7. The summed E-state index contributed by atoms with van der Waals surface area (Å²) in [5.41, 5.74) is 1.97. The Hall–Kier alpha value is -1.84. The number of carbonyl (C=O) groups is 1. The van der Waals surface area contributed by atoms with Crippen molar-refractivity contribution < 1.29 is 9.53 Å². The Labute approximate surface area is 113 Å². The predicted octanol–water partition coefficient (Wildman–Crippen LogP) is 3.02. The van der Waals surface area contributed by atoms with Crippen LogP contribution in [0.15, 0.2) is 24.3 Å². The lowest BCUT2D eigenvalue weighted by Gasteiger charge is -2.14. The van der Waals surface area contributed by atoms with E-state index in [0.29, 0.717) is 6.61 Å². The molecule has 2 rings (SSSR count). The third kappa shape index (κ3) is 2.62. The van der Waals surface area contributed by atoms with E-state index in [9.17, 15) is 4.79 Å². The molecule has 4 nitrogen and oxygen atoms in total. The molecule has 1 heterocycles. The number of hydrogen-bond donors (Lipinski definition) is 0. The number of para-hydroxylation sites is 2. The van der Waals surface area contributed by atoms with Gasteiger partial charge >= 0.3 is 5.97 Å².